The highest BCUT2D eigenvalue weighted by Gasteiger charge is 2.17. The second kappa shape index (κ2) is 7.73. The van der Waals surface area contributed by atoms with Gasteiger partial charge in [-0.1, -0.05) is 12.1 Å². The summed E-state index contributed by atoms with van der Waals surface area (Å²) in [5.74, 6) is 0.320. The number of nitrogens with zero attached hydrogens (tertiary/aromatic N) is 6. The summed E-state index contributed by atoms with van der Waals surface area (Å²) in [5, 5.41) is 8.43. The number of aromatic nitrogens is 7. The molecule has 0 radical (unpaired) electrons. The molecule has 0 aliphatic rings. The van der Waals surface area contributed by atoms with Gasteiger partial charge in [0.25, 0.3) is 0 Å². The van der Waals surface area contributed by atoms with E-state index in [0.717, 1.165) is 50.0 Å². The molecule has 34 heavy (non-hydrogen) atoms. The lowest BCUT2D eigenvalue weighted by atomic mass is 10.1. The van der Waals surface area contributed by atoms with E-state index in [0.29, 0.717) is 11.5 Å². The van der Waals surface area contributed by atoms with Crippen LogP contribution in [0.25, 0.3) is 55.8 Å². The summed E-state index contributed by atoms with van der Waals surface area (Å²) in [4.78, 5) is 23.4. The van der Waals surface area contributed by atoms with Crippen LogP contribution in [-0.2, 0) is 0 Å². The highest BCUT2D eigenvalue weighted by Crippen LogP contribution is 2.32. The second-order valence-electron chi connectivity index (χ2n) is 8.19. The van der Waals surface area contributed by atoms with Crippen molar-refractivity contribution >= 4 is 27.6 Å². The number of hydrogen-bond donors (Lipinski definition) is 2. The SMILES string of the molecule is CN(C)c1cncc(-c2cc3c(-c4nc5c(-c6ccc(F)cc6)cncc5[nH]4)n[nH]c3cn2)c1. The van der Waals surface area contributed by atoms with Crippen molar-refractivity contribution in [3.63, 3.8) is 0 Å². The van der Waals surface area contributed by atoms with Crippen LogP contribution in [0.15, 0.2) is 67.4 Å². The van der Waals surface area contributed by atoms with Gasteiger partial charge in [0.15, 0.2) is 5.82 Å². The molecule has 0 atom stereocenters. The first-order valence-electron chi connectivity index (χ1n) is 10.6. The van der Waals surface area contributed by atoms with Crippen LogP contribution in [0.3, 0.4) is 0 Å². The van der Waals surface area contributed by atoms with Crippen LogP contribution in [0.2, 0.25) is 0 Å². The molecule has 0 amide bonds. The molecule has 5 aromatic heterocycles. The zero-order valence-corrected chi connectivity index (χ0v) is 18.4. The number of halogens is 1. The maximum atomic E-state index is 13.4. The number of rotatable bonds is 4. The van der Waals surface area contributed by atoms with Crippen LogP contribution in [-0.4, -0.2) is 49.2 Å². The van der Waals surface area contributed by atoms with Crippen LogP contribution < -0.4 is 4.90 Å². The summed E-state index contributed by atoms with van der Waals surface area (Å²) >= 11 is 0. The molecule has 0 saturated carbocycles. The van der Waals surface area contributed by atoms with Crippen molar-refractivity contribution in [2.45, 2.75) is 0 Å². The van der Waals surface area contributed by atoms with E-state index in [4.69, 9.17) is 4.98 Å². The molecular formula is C25H19FN8. The van der Waals surface area contributed by atoms with Gasteiger partial charge >= 0.3 is 0 Å². The third-order valence-electron chi connectivity index (χ3n) is 5.76. The molecule has 6 aromatic rings. The molecular weight excluding hydrogens is 431 g/mol. The van der Waals surface area contributed by atoms with E-state index >= 15 is 0 Å². The fourth-order valence-electron chi connectivity index (χ4n) is 3.95. The third kappa shape index (κ3) is 3.34. The summed E-state index contributed by atoms with van der Waals surface area (Å²) < 4.78 is 13.4. The Morgan fingerprint density at radius 3 is 2.50 bits per heavy atom. The lowest BCUT2D eigenvalue weighted by Gasteiger charge is -2.12. The fourth-order valence-corrected chi connectivity index (χ4v) is 3.95. The van der Waals surface area contributed by atoms with Gasteiger partial charge < -0.3 is 9.88 Å². The van der Waals surface area contributed by atoms with Crippen LogP contribution >= 0.6 is 0 Å². The second-order valence-corrected chi connectivity index (χ2v) is 8.19. The lowest BCUT2D eigenvalue weighted by molar-refractivity contribution is 0.628. The van der Waals surface area contributed by atoms with Gasteiger partial charge in [0.1, 0.15) is 11.5 Å². The highest BCUT2D eigenvalue weighted by atomic mass is 19.1. The van der Waals surface area contributed by atoms with E-state index in [1.165, 1.54) is 12.1 Å². The molecule has 0 spiro atoms. The lowest BCUT2D eigenvalue weighted by Crippen LogP contribution is -2.08. The van der Waals surface area contributed by atoms with E-state index in [1.807, 2.05) is 37.3 Å². The number of H-pyrrole nitrogens is 2. The van der Waals surface area contributed by atoms with Gasteiger partial charge in [-0.3, -0.25) is 20.1 Å². The topological polar surface area (TPSA) is 99.3 Å². The van der Waals surface area contributed by atoms with E-state index < -0.39 is 0 Å². The Labute approximate surface area is 193 Å². The zero-order chi connectivity index (χ0) is 23.2. The average Bonchev–Trinajstić information content (AvgIpc) is 3.48. The van der Waals surface area contributed by atoms with Gasteiger partial charge in [0.2, 0.25) is 0 Å². The normalized spacial score (nSPS) is 11.4. The van der Waals surface area contributed by atoms with Crippen molar-refractivity contribution in [2.24, 2.45) is 0 Å². The molecule has 8 nitrogen and oxygen atoms in total. The van der Waals surface area contributed by atoms with Crippen molar-refractivity contribution < 1.29 is 4.39 Å². The Bertz CT molecular complexity index is 1650. The van der Waals surface area contributed by atoms with E-state index in [2.05, 4.69) is 30.1 Å². The third-order valence-corrected chi connectivity index (χ3v) is 5.76. The van der Waals surface area contributed by atoms with Crippen molar-refractivity contribution in [3.05, 3.63) is 73.2 Å². The predicted molar refractivity (Wildman–Crippen MR) is 130 cm³/mol. The van der Waals surface area contributed by atoms with Crippen LogP contribution in [0.4, 0.5) is 10.1 Å². The molecule has 166 valence electrons. The molecule has 0 bridgehead atoms. The first-order valence-corrected chi connectivity index (χ1v) is 10.6. The maximum absolute atomic E-state index is 13.4. The first-order chi connectivity index (χ1) is 16.6. The minimum absolute atomic E-state index is 0.287. The fraction of sp³-hybridized carbons (Fsp3) is 0.0800. The minimum Gasteiger partial charge on any atom is -0.376 e. The molecule has 2 N–H and O–H groups in total. The number of pyridine rings is 3. The van der Waals surface area contributed by atoms with E-state index in [-0.39, 0.29) is 5.82 Å². The quantitative estimate of drug-likeness (QED) is 0.399. The van der Waals surface area contributed by atoms with Crippen LogP contribution in [0.1, 0.15) is 0 Å². The van der Waals surface area contributed by atoms with Crippen molar-refractivity contribution in [1.29, 1.82) is 0 Å². The summed E-state index contributed by atoms with van der Waals surface area (Å²) in [7, 11) is 3.95. The molecule has 0 fully saturated rings. The van der Waals surface area contributed by atoms with Gasteiger partial charge in [-0.15, -0.1) is 0 Å². The Morgan fingerprint density at radius 2 is 1.68 bits per heavy atom. The van der Waals surface area contributed by atoms with Crippen molar-refractivity contribution in [3.8, 4) is 33.9 Å². The molecule has 9 heteroatoms. The Kier molecular flexibility index (Phi) is 4.54. The largest absolute Gasteiger partial charge is 0.376 e. The van der Waals surface area contributed by atoms with Gasteiger partial charge in [0, 0.05) is 43.0 Å². The summed E-state index contributed by atoms with van der Waals surface area (Å²) in [5.41, 5.74) is 7.33. The maximum Gasteiger partial charge on any atom is 0.159 e. The van der Waals surface area contributed by atoms with Crippen LogP contribution in [0.5, 0.6) is 0 Å². The molecule has 0 unspecified atom stereocenters. The van der Waals surface area contributed by atoms with Gasteiger partial charge in [-0.25, -0.2) is 9.37 Å². The van der Waals surface area contributed by atoms with Crippen molar-refractivity contribution in [1.82, 2.24) is 35.1 Å². The number of anilines is 1. The number of imidazole rings is 1. The van der Waals surface area contributed by atoms with E-state index in [9.17, 15) is 4.39 Å². The van der Waals surface area contributed by atoms with Gasteiger partial charge in [0.05, 0.1) is 46.5 Å². The number of fused-ring (bicyclic) bond motifs is 2. The Hall–Kier alpha value is -4.66. The standard InChI is InChI=1S/C25H19FN8/c1-34(2)17-7-15(9-27-10-17)20-8-18-21(13-29-20)32-33-24(18)25-30-22-12-28-11-19(23(22)31-25)14-3-5-16(26)6-4-14/h3-13H,1-2H3,(H,30,31)(H,32,33). The van der Waals surface area contributed by atoms with Crippen LogP contribution in [0, 0.1) is 5.82 Å². The molecule has 0 aliphatic heterocycles. The van der Waals surface area contributed by atoms with E-state index in [1.54, 1.807) is 36.9 Å². The monoisotopic (exact) mass is 450 g/mol. The Morgan fingerprint density at radius 1 is 0.853 bits per heavy atom. The number of hydrogen-bond acceptors (Lipinski definition) is 6. The summed E-state index contributed by atoms with van der Waals surface area (Å²) in [6, 6.07) is 10.3. The number of nitrogens with one attached hydrogen (secondary N) is 2. The smallest absolute Gasteiger partial charge is 0.159 e. The summed E-state index contributed by atoms with van der Waals surface area (Å²) in [6.45, 7) is 0. The van der Waals surface area contributed by atoms with Crippen molar-refractivity contribution in [2.75, 3.05) is 19.0 Å². The predicted octanol–water partition coefficient (Wildman–Crippen LogP) is 4.83. The van der Waals surface area contributed by atoms with Gasteiger partial charge in [-0.05, 0) is 29.8 Å². The Balaban J connectivity index is 1.47. The zero-order valence-electron chi connectivity index (χ0n) is 18.4. The number of benzene rings is 1. The molecule has 5 heterocycles. The highest BCUT2D eigenvalue weighted by molar-refractivity contribution is 5.97. The molecule has 1 aromatic carbocycles. The number of aromatic amines is 2. The first kappa shape index (κ1) is 20.0. The summed E-state index contributed by atoms with van der Waals surface area (Å²) in [6.07, 6.45) is 8.82. The molecule has 0 aliphatic carbocycles. The average molecular weight is 450 g/mol. The molecule has 0 saturated heterocycles. The van der Waals surface area contributed by atoms with Gasteiger partial charge in [-0.2, -0.15) is 5.10 Å². The minimum atomic E-state index is -0.287. The molecule has 6 rings (SSSR count).